The van der Waals surface area contributed by atoms with Crippen molar-refractivity contribution in [2.45, 2.75) is 37.6 Å². The molecule has 0 unspecified atom stereocenters. The molecule has 1 heterocycles. The highest BCUT2D eigenvalue weighted by Crippen LogP contribution is 2.31. The fraction of sp³-hybridized carbons (Fsp3) is 0.444. The molecule has 7 nitrogen and oxygen atoms in total. The zero-order valence-corrected chi connectivity index (χ0v) is 17.4. The fourth-order valence-electron chi connectivity index (χ4n) is 2.04. The summed E-state index contributed by atoms with van der Waals surface area (Å²) in [6.45, 7) is 8.03. The van der Waals surface area contributed by atoms with Crippen molar-refractivity contribution in [1.29, 1.82) is 5.26 Å². The molecule has 144 valence electrons. The number of carbonyl (C=O) groups is 1. The van der Waals surface area contributed by atoms with Gasteiger partial charge in [0.25, 0.3) is 0 Å². The van der Waals surface area contributed by atoms with Gasteiger partial charge in [-0.2, -0.15) is 5.26 Å². The van der Waals surface area contributed by atoms with Crippen LogP contribution in [0.5, 0.6) is 5.75 Å². The molecule has 9 heteroatoms. The first-order valence-corrected chi connectivity index (χ1v) is 10.4. The SMILES string of the molecule is CCOc1ccccc1Nc1nnc(SCC(=O)N[C@](C)(C#N)C(C)C)s1. The molecule has 0 radical (unpaired) electrons. The number of aromatic nitrogens is 2. The molecule has 2 aromatic rings. The van der Waals surface area contributed by atoms with Gasteiger partial charge in [0.05, 0.1) is 24.1 Å². The van der Waals surface area contributed by atoms with Crippen molar-refractivity contribution in [3.8, 4) is 11.8 Å². The molecular weight excluding hydrogens is 382 g/mol. The van der Waals surface area contributed by atoms with E-state index in [-0.39, 0.29) is 17.6 Å². The zero-order valence-electron chi connectivity index (χ0n) is 15.8. The Morgan fingerprint density at radius 3 is 2.81 bits per heavy atom. The molecule has 1 amide bonds. The number of benzene rings is 1. The number of nitriles is 1. The number of anilines is 2. The number of para-hydroxylation sites is 2. The molecule has 2 N–H and O–H groups in total. The van der Waals surface area contributed by atoms with E-state index >= 15 is 0 Å². The smallest absolute Gasteiger partial charge is 0.231 e. The zero-order chi connectivity index (χ0) is 19.9. The van der Waals surface area contributed by atoms with E-state index in [9.17, 15) is 10.1 Å². The minimum atomic E-state index is -0.880. The lowest BCUT2D eigenvalue weighted by atomic mass is 9.90. The Hall–Kier alpha value is -2.31. The summed E-state index contributed by atoms with van der Waals surface area (Å²) in [5, 5.41) is 24.1. The van der Waals surface area contributed by atoms with Crippen LogP contribution in [0.2, 0.25) is 0 Å². The number of hydrogen-bond acceptors (Lipinski definition) is 8. The van der Waals surface area contributed by atoms with Gasteiger partial charge in [0.15, 0.2) is 4.34 Å². The lowest BCUT2D eigenvalue weighted by Crippen LogP contribution is -2.49. The highest BCUT2D eigenvalue weighted by Gasteiger charge is 2.29. The van der Waals surface area contributed by atoms with Crippen LogP contribution < -0.4 is 15.4 Å². The molecule has 0 fully saturated rings. The van der Waals surface area contributed by atoms with Crippen LogP contribution in [0.3, 0.4) is 0 Å². The summed E-state index contributed by atoms with van der Waals surface area (Å²) < 4.78 is 6.25. The lowest BCUT2D eigenvalue weighted by Gasteiger charge is -2.27. The molecule has 0 spiro atoms. The molecule has 27 heavy (non-hydrogen) atoms. The van der Waals surface area contributed by atoms with Crippen LogP contribution in [0.1, 0.15) is 27.7 Å². The van der Waals surface area contributed by atoms with Gasteiger partial charge in [-0.25, -0.2) is 0 Å². The Morgan fingerprint density at radius 2 is 2.15 bits per heavy atom. The van der Waals surface area contributed by atoms with Gasteiger partial charge >= 0.3 is 0 Å². The molecule has 2 rings (SSSR count). The molecular formula is C18H23N5O2S2. The Labute approximate surface area is 167 Å². The molecule has 1 atom stereocenters. The van der Waals surface area contributed by atoms with E-state index in [1.54, 1.807) is 6.92 Å². The van der Waals surface area contributed by atoms with Crippen LogP contribution in [-0.2, 0) is 4.79 Å². The van der Waals surface area contributed by atoms with Gasteiger partial charge in [0.1, 0.15) is 11.3 Å². The Bertz CT molecular complexity index is 818. The summed E-state index contributed by atoms with van der Waals surface area (Å²) >= 11 is 2.65. The molecule has 0 saturated heterocycles. The van der Waals surface area contributed by atoms with Crippen LogP contribution >= 0.6 is 23.1 Å². The highest BCUT2D eigenvalue weighted by molar-refractivity contribution is 8.01. The molecule has 1 aromatic carbocycles. The number of nitrogens with zero attached hydrogens (tertiary/aromatic N) is 3. The fourth-order valence-corrected chi connectivity index (χ4v) is 3.60. The topological polar surface area (TPSA) is 99.9 Å². The van der Waals surface area contributed by atoms with Crippen molar-refractivity contribution in [2.75, 3.05) is 17.7 Å². The Morgan fingerprint density at radius 1 is 1.41 bits per heavy atom. The number of ether oxygens (including phenoxy) is 1. The first-order valence-electron chi connectivity index (χ1n) is 8.55. The van der Waals surface area contributed by atoms with Crippen LogP contribution in [0.4, 0.5) is 10.8 Å². The van der Waals surface area contributed by atoms with Crippen molar-refractivity contribution in [3.05, 3.63) is 24.3 Å². The van der Waals surface area contributed by atoms with Gasteiger partial charge in [0.2, 0.25) is 11.0 Å². The third-order valence-corrected chi connectivity index (χ3v) is 5.92. The third kappa shape index (κ3) is 5.84. The van der Waals surface area contributed by atoms with Crippen molar-refractivity contribution < 1.29 is 9.53 Å². The van der Waals surface area contributed by atoms with E-state index in [0.717, 1.165) is 11.4 Å². The predicted molar refractivity (Wildman–Crippen MR) is 109 cm³/mol. The normalized spacial score (nSPS) is 12.9. The molecule has 0 bridgehead atoms. The second kappa shape index (κ2) is 9.58. The Kier molecular flexibility index (Phi) is 7.45. The molecule has 0 aliphatic heterocycles. The minimum absolute atomic E-state index is 0.0131. The Balaban J connectivity index is 1.93. The average molecular weight is 406 g/mol. The van der Waals surface area contributed by atoms with Crippen molar-refractivity contribution in [2.24, 2.45) is 5.92 Å². The summed E-state index contributed by atoms with van der Waals surface area (Å²) in [7, 11) is 0. The van der Waals surface area contributed by atoms with Gasteiger partial charge in [-0.15, -0.1) is 10.2 Å². The number of nitrogens with one attached hydrogen (secondary N) is 2. The summed E-state index contributed by atoms with van der Waals surface area (Å²) in [6.07, 6.45) is 0. The molecule has 0 saturated carbocycles. The first kappa shape index (κ1) is 21.0. The van der Waals surface area contributed by atoms with Crippen LogP contribution in [0.25, 0.3) is 0 Å². The van der Waals surface area contributed by atoms with Gasteiger partial charge in [-0.05, 0) is 31.9 Å². The van der Waals surface area contributed by atoms with Crippen molar-refractivity contribution in [1.82, 2.24) is 15.5 Å². The molecule has 0 aliphatic carbocycles. The highest BCUT2D eigenvalue weighted by atomic mass is 32.2. The quantitative estimate of drug-likeness (QED) is 0.612. The summed E-state index contributed by atoms with van der Waals surface area (Å²) in [6, 6.07) is 9.77. The van der Waals surface area contributed by atoms with Gasteiger partial charge in [0, 0.05) is 0 Å². The van der Waals surface area contributed by atoms with E-state index in [1.807, 2.05) is 45.0 Å². The van der Waals surface area contributed by atoms with E-state index < -0.39 is 5.54 Å². The van der Waals surface area contributed by atoms with Crippen molar-refractivity contribution in [3.63, 3.8) is 0 Å². The summed E-state index contributed by atoms with van der Waals surface area (Å²) in [5.74, 6) is 0.727. The third-order valence-electron chi connectivity index (χ3n) is 3.95. The number of thioether (sulfide) groups is 1. The predicted octanol–water partition coefficient (Wildman–Crippen LogP) is 3.83. The van der Waals surface area contributed by atoms with Crippen LogP contribution in [0.15, 0.2) is 28.6 Å². The van der Waals surface area contributed by atoms with Gasteiger partial charge in [-0.1, -0.05) is 49.1 Å². The maximum Gasteiger partial charge on any atom is 0.231 e. The maximum atomic E-state index is 12.2. The summed E-state index contributed by atoms with van der Waals surface area (Å²) in [5.41, 5.74) is -0.0689. The number of carbonyl (C=O) groups excluding carboxylic acids is 1. The second-order valence-electron chi connectivity index (χ2n) is 6.23. The molecule has 0 aliphatic rings. The average Bonchev–Trinajstić information content (AvgIpc) is 3.09. The van der Waals surface area contributed by atoms with Crippen LogP contribution in [0, 0.1) is 17.2 Å². The van der Waals surface area contributed by atoms with Crippen molar-refractivity contribution >= 4 is 39.8 Å². The largest absolute Gasteiger partial charge is 0.492 e. The van der Waals surface area contributed by atoms with Gasteiger partial charge < -0.3 is 15.4 Å². The standard InChI is InChI=1S/C18H23N5O2S2/c1-5-25-14-9-7-6-8-13(14)20-16-22-23-17(27-16)26-10-15(24)21-18(4,11-19)12(2)3/h6-9,12H,5,10H2,1-4H3,(H,20,22)(H,21,24)/t18-/m1/s1. The van der Waals surface area contributed by atoms with E-state index in [0.29, 0.717) is 16.1 Å². The summed E-state index contributed by atoms with van der Waals surface area (Å²) in [4.78, 5) is 12.2. The number of hydrogen-bond donors (Lipinski definition) is 2. The monoisotopic (exact) mass is 405 g/mol. The van der Waals surface area contributed by atoms with E-state index in [1.165, 1.54) is 23.1 Å². The minimum Gasteiger partial charge on any atom is -0.492 e. The first-order chi connectivity index (χ1) is 12.9. The maximum absolute atomic E-state index is 12.2. The molecule has 1 aromatic heterocycles. The second-order valence-corrected chi connectivity index (χ2v) is 8.43. The number of rotatable bonds is 9. The lowest BCUT2D eigenvalue weighted by molar-refractivity contribution is -0.120. The van der Waals surface area contributed by atoms with E-state index in [2.05, 4.69) is 26.9 Å². The van der Waals surface area contributed by atoms with Crippen LogP contribution in [-0.4, -0.2) is 34.0 Å². The number of amides is 1. The van der Waals surface area contributed by atoms with E-state index in [4.69, 9.17) is 4.74 Å². The van der Waals surface area contributed by atoms with Gasteiger partial charge in [-0.3, -0.25) is 4.79 Å².